The third-order valence-electron chi connectivity index (χ3n) is 3.60. The van der Waals surface area contributed by atoms with Crippen molar-refractivity contribution in [1.29, 1.82) is 0 Å². The van der Waals surface area contributed by atoms with E-state index in [1.165, 1.54) is 0 Å². The molecule has 1 atom stereocenters. The Morgan fingerprint density at radius 2 is 2.35 bits per heavy atom. The normalized spacial score (nSPS) is 19.2. The minimum atomic E-state index is 0.00818. The minimum Gasteiger partial charge on any atom is -0.497 e. The van der Waals surface area contributed by atoms with Crippen LogP contribution in [0.15, 0.2) is 18.2 Å². The van der Waals surface area contributed by atoms with Crippen LogP contribution in [0, 0.1) is 0 Å². The Kier molecular flexibility index (Phi) is 5.46. The Morgan fingerprint density at radius 3 is 3.00 bits per heavy atom. The number of carbonyl (C=O) groups excluding carboxylic acids is 1. The molecule has 0 radical (unpaired) electrons. The number of Topliss-reactive ketones (excluding diaryl/α,β-unsaturated/α-hetero) is 1. The quantitative estimate of drug-likeness (QED) is 0.872. The van der Waals surface area contributed by atoms with E-state index in [0.29, 0.717) is 6.42 Å². The van der Waals surface area contributed by atoms with Crippen LogP contribution in [0.25, 0.3) is 0 Å². The lowest BCUT2D eigenvalue weighted by atomic mass is 10.00. The van der Waals surface area contributed by atoms with Crippen LogP contribution in [0.1, 0.15) is 30.5 Å². The van der Waals surface area contributed by atoms with E-state index in [-0.39, 0.29) is 18.4 Å². The maximum Gasteiger partial charge on any atom is 0.131 e. The van der Waals surface area contributed by atoms with Crippen LogP contribution >= 0.6 is 11.8 Å². The highest BCUT2D eigenvalue weighted by Gasteiger charge is 2.28. The van der Waals surface area contributed by atoms with Gasteiger partial charge in [0.05, 0.1) is 13.7 Å². The third kappa shape index (κ3) is 3.53. The number of rotatable bonds is 6. The summed E-state index contributed by atoms with van der Waals surface area (Å²) in [6.07, 6.45) is 0.585. The number of aliphatic hydroxyl groups is 1. The number of ketones is 1. The van der Waals surface area contributed by atoms with Gasteiger partial charge in [-0.2, -0.15) is 0 Å². The molecule has 1 aliphatic rings. The molecule has 0 aliphatic carbocycles. The molecule has 0 amide bonds. The van der Waals surface area contributed by atoms with Gasteiger partial charge in [0, 0.05) is 30.6 Å². The number of thioether (sulfide) groups is 1. The Hall–Kier alpha value is -1.04. The first-order valence-corrected chi connectivity index (χ1v) is 7.90. The van der Waals surface area contributed by atoms with E-state index in [4.69, 9.17) is 4.74 Å². The van der Waals surface area contributed by atoms with Gasteiger partial charge in [0.25, 0.3) is 0 Å². The lowest BCUT2D eigenvalue weighted by molar-refractivity contribution is -0.117. The first-order valence-electron chi connectivity index (χ1n) is 6.74. The smallest absolute Gasteiger partial charge is 0.131 e. The highest BCUT2D eigenvalue weighted by molar-refractivity contribution is 7.99. The van der Waals surface area contributed by atoms with Gasteiger partial charge in [0.1, 0.15) is 11.5 Å². The molecule has 1 N–H and O–H groups in total. The van der Waals surface area contributed by atoms with Crippen molar-refractivity contribution in [2.24, 2.45) is 0 Å². The molecule has 2 rings (SSSR count). The summed E-state index contributed by atoms with van der Waals surface area (Å²) in [5.74, 6) is 2.92. The van der Waals surface area contributed by atoms with E-state index in [9.17, 15) is 9.90 Å². The SMILES string of the molecule is COc1ccc(C2CSCN2CCC(C)=O)c(CO)c1. The molecule has 5 heteroatoms. The number of benzene rings is 1. The number of carbonyl (C=O) groups is 1. The molecule has 0 bridgehead atoms. The molecule has 0 spiro atoms. The average molecular weight is 295 g/mol. The molecule has 4 nitrogen and oxygen atoms in total. The van der Waals surface area contributed by atoms with E-state index in [0.717, 1.165) is 35.1 Å². The fourth-order valence-electron chi connectivity index (χ4n) is 2.46. The number of ether oxygens (including phenoxy) is 1. The molecule has 110 valence electrons. The van der Waals surface area contributed by atoms with Gasteiger partial charge in [0.15, 0.2) is 0 Å². The molecule has 1 aromatic rings. The minimum absolute atomic E-state index is 0.00818. The number of hydrogen-bond donors (Lipinski definition) is 1. The van der Waals surface area contributed by atoms with Gasteiger partial charge in [-0.25, -0.2) is 0 Å². The van der Waals surface area contributed by atoms with Crippen LogP contribution < -0.4 is 4.74 Å². The summed E-state index contributed by atoms with van der Waals surface area (Å²) in [7, 11) is 1.63. The lowest BCUT2D eigenvalue weighted by Crippen LogP contribution is -2.27. The van der Waals surface area contributed by atoms with Crippen molar-refractivity contribution in [3.05, 3.63) is 29.3 Å². The zero-order chi connectivity index (χ0) is 14.5. The molecule has 0 aromatic heterocycles. The lowest BCUT2D eigenvalue weighted by Gasteiger charge is -2.25. The number of methoxy groups -OCH3 is 1. The summed E-state index contributed by atoms with van der Waals surface area (Å²) in [4.78, 5) is 13.5. The number of hydrogen-bond acceptors (Lipinski definition) is 5. The van der Waals surface area contributed by atoms with Crippen LogP contribution in [0.3, 0.4) is 0 Å². The van der Waals surface area contributed by atoms with Gasteiger partial charge in [0.2, 0.25) is 0 Å². The van der Waals surface area contributed by atoms with Crippen molar-refractivity contribution in [1.82, 2.24) is 4.90 Å². The number of nitrogens with zero attached hydrogens (tertiary/aromatic N) is 1. The molecule has 1 saturated heterocycles. The van der Waals surface area contributed by atoms with Gasteiger partial charge in [-0.05, 0) is 30.2 Å². The van der Waals surface area contributed by atoms with Crippen molar-refractivity contribution in [2.45, 2.75) is 26.0 Å². The van der Waals surface area contributed by atoms with E-state index in [1.54, 1.807) is 14.0 Å². The summed E-state index contributed by atoms with van der Waals surface area (Å²) in [6.45, 7) is 2.42. The van der Waals surface area contributed by atoms with E-state index in [2.05, 4.69) is 4.90 Å². The zero-order valence-electron chi connectivity index (χ0n) is 12.0. The van der Waals surface area contributed by atoms with Crippen LogP contribution in [-0.2, 0) is 11.4 Å². The summed E-state index contributed by atoms with van der Waals surface area (Å²) in [6, 6.07) is 6.12. The van der Waals surface area contributed by atoms with Crippen molar-refractivity contribution in [2.75, 3.05) is 25.3 Å². The Balaban J connectivity index is 2.18. The summed E-state index contributed by atoms with van der Waals surface area (Å²) in [5, 5.41) is 9.57. The van der Waals surface area contributed by atoms with Crippen LogP contribution in [0.2, 0.25) is 0 Å². The molecule has 20 heavy (non-hydrogen) atoms. The monoisotopic (exact) mass is 295 g/mol. The van der Waals surface area contributed by atoms with Gasteiger partial charge >= 0.3 is 0 Å². The molecule has 1 heterocycles. The molecular formula is C15H21NO3S. The summed E-state index contributed by atoms with van der Waals surface area (Å²) < 4.78 is 5.21. The standard InChI is InChI=1S/C15H21NO3S/c1-11(18)5-6-16-10-20-9-15(16)14-4-3-13(19-2)7-12(14)8-17/h3-4,7,15,17H,5-6,8-10H2,1-2H3. The van der Waals surface area contributed by atoms with Crippen LogP contribution in [0.4, 0.5) is 0 Å². The zero-order valence-corrected chi connectivity index (χ0v) is 12.8. The topological polar surface area (TPSA) is 49.8 Å². The van der Waals surface area contributed by atoms with Crippen LogP contribution in [-0.4, -0.2) is 41.1 Å². The second-order valence-corrected chi connectivity index (χ2v) is 6.00. The average Bonchev–Trinajstić information content (AvgIpc) is 2.92. The summed E-state index contributed by atoms with van der Waals surface area (Å²) in [5.41, 5.74) is 2.05. The maximum atomic E-state index is 11.2. The van der Waals surface area contributed by atoms with Gasteiger partial charge in [-0.3, -0.25) is 9.69 Å². The van der Waals surface area contributed by atoms with Crippen molar-refractivity contribution in [3.63, 3.8) is 0 Å². The molecule has 1 aromatic carbocycles. The van der Waals surface area contributed by atoms with Gasteiger partial charge < -0.3 is 9.84 Å². The largest absolute Gasteiger partial charge is 0.497 e. The molecule has 0 saturated carbocycles. The molecule has 1 aliphatic heterocycles. The predicted octanol–water partition coefficient (Wildman–Crippen LogP) is 2.21. The van der Waals surface area contributed by atoms with E-state index < -0.39 is 0 Å². The second-order valence-electron chi connectivity index (χ2n) is 5.00. The van der Waals surface area contributed by atoms with Crippen molar-refractivity contribution >= 4 is 17.5 Å². The van der Waals surface area contributed by atoms with Gasteiger partial charge in [-0.1, -0.05) is 6.07 Å². The van der Waals surface area contributed by atoms with E-state index >= 15 is 0 Å². The highest BCUT2D eigenvalue weighted by Crippen LogP contribution is 2.36. The van der Waals surface area contributed by atoms with E-state index in [1.807, 2.05) is 30.0 Å². The van der Waals surface area contributed by atoms with Crippen molar-refractivity contribution < 1.29 is 14.6 Å². The number of aliphatic hydroxyl groups excluding tert-OH is 1. The first kappa shape index (κ1) is 15.4. The summed E-state index contributed by atoms with van der Waals surface area (Å²) >= 11 is 1.87. The molecular weight excluding hydrogens is 274 g/mol. The molecule has 1 fully saturated rings. The Morgan fingerprint density at radius 1 is 1.55 bits per heavy atom. The third-order valence-corrected chi connectivity index (χ3v) is 4.67. The Labute approximate surface area is 124 Å². The maximum absolute atomic E-state index is 11.2. The highest BCUT2D eigenvalue weighted by atomic mass is 32.2. The second kappa shape index (κ2) is 7.11. The van der Waals surface area contributed by atoms with Crippen molar-refractivity contribution in [3.8, 4) is 5.75 Å². The Bertz CT molecular complexity index is 478. The fourth-order valence-corrected chi connectivity index (χ4v) is 3.72. The predicted molar refractivity (Wildman–Crippen MR) is 81.0 cm³/mol. The first-order chi connectivity index (χ1) is 9.65. The van der Waals surface area contributed by atoms with Gasteiger partial charge in [-0.15, -0.1) is 11.8 Å². The molecule has 1 unspecified atom stereocenters. The van der Waals surface area contributed by atoms with Crippen LogP contribution in [0.5, 0.6) is 5.75 Å². The fraction of sp³-hybridized carbons (Fsp3) is 0.533.